The number of aromatic nitrogens is 2. The number of aliphatic hydroxyl groups is 2. The summed E-state index contributed by atoms with van der Waals surface area (Å²) in [5.74, 6) is -3.40. The molecule has 2 aromatic heterocycles. The molecule has 3 heterocycles. The summed E-state index contributed by atoms with van der Waals surface area (Å²) < 4.78 is 5.63. The van der Waals surface area contributed by atoms with Gasteiger partial charge in [-0.15, -0.1) is 0 Å². The van der Waals surface area contributed by atoms with E-state index in [4.69, 9.17) is 4.74 Å². The van der Waals surface area contributed by atoms with Crippen molar-refractivity contribution in [3.8, 4) is 5.75 Å². The van der Waals surface area contributed by atoms with Gasteiger partial charge in [-0.25, -0.2) is 9.78 Å². The van der Waals surface area contributed by atoms with E-state index in [9.17, 15) is 29.7 Å². The van der Waals surface area contributed by atoms with Gasteiger partial charge in [-0.05, 0) is 49.4 Å². The number of aromatic hydroxyl groups is 1. The lowest BCUT2D eigenvalue weighted by Crippen LogP contribution is -2.62. The minimum Gasteiger partial charge on any atom is -0.505 e. The Morgan fingerprint density at radius 2 is 1.87 bits per heavy atom. The minimum atomic E-state index is -1.54. The summed E-state index contributed by atoms with van der Waals surface area (Å²) in [5.41, 5.74) is 0.456. The van der Waals surface area contributed by atoms with E-state index in [0.717, 1.165) is 5.56 Å². The van der Waals surface area contributed by atoms with Crippen molar-refractivity contribution in [1.82, 2.24) is 25.9 Å². The Morgan fingerprint density at radius 3 is 2.51 bits per heavy atom. The second-order valence-corrected chi connectivity index (χ2v) is 10.3. The third-order valence-electron chi connectivity index (χ3n) is 6.66. The van der Waals surface area contributed by atoms with Gasteiger partial charge in [0.15, 0.2) is 5.69 Å². The second-order valence-electron chi connectivity index (χ2n) is 10.3. The Bertz CT molecular complexity index is 1130. The van der Waals surface area contributed by atoms with Gasteiger partial charge in [-0.1, -0.05) is 26.8 Å². The van der Waals surface area contributed by atoms with Crippen molar-refractivity contribution in [2.75, 3.05) is 0 Å². The van der Waals surface area contributed by atoms with Gasteiger partial charge in [0.25, 0.3) is 5.91 Å². The molecule has 6 N–H and O–H groups in total. The van der Waals surface area contributed by atoms with E-state index in [2.05, 4.69) is 25.9 Å². The van der Waals surface area contributed by atoms with Crippen molar-refractivity contribution in [2.45, 2.75) is 77.1 Å². The fraction of sp³-hybridized carbons (Fsp3) is 0.519. The smallest absolute Gasteiger partial charge is 0.328 e. The zero-order chi connectivity index (χ0) is 28.7. The Morgan fingerprint density at radius 1 is 1.15 bits per heavy atom. The first-order chi connectivity index (χ1) is 18.5. The number of nitrogens with one attached hydrogen (secondary N) is 3. The summed E-state index contributed by atoms with van der Waals surface area (Å²) in [6.07, 6.45) is 1.08. The maximum absolute atomic E-state index is 13.1. The minimum absolute atomic E-state index is 0.0273. The standard InChI is InChI=1S/C27H37N5O7/c1-14(2)11-19-27(38)39-16(4)21(32-26(37)22-20(33)8-6-10-29-22)25(36)30-18(12-17-7-5-9-28-13-17)23(34)15(3)24(35)31-19/h5-10,13-16,18-19,21,23,25,30,33-34,36H,11-12H2,1-4H3,(H,31,35)(H,32,37)/t15-,16-,18+,19?,21+,23+,25?/m1/s1. The molecule has 3 rings (SSSR count). The molecule has 2 unspecified atom stereocenters. The molecule has 1 saturated heterocycles. The lowest BCUT2D eigenvalue weighted by Gasteiger charge is -2.36. The van der Waals surface area contributed by atoms with E-state index in [0.29, 0.717) is 0 Å². The molecule has 12 heteroatoms. The number of nitrogens with zero attached hydrogens (tertiary/aromatic N) is 2. The predicted octanol–water partition coefficient (Wildman–Crippen LogP) is 0.273. The predicted molar refractivity (Wildman–Crippen MR) is 140 cm³/mol. The Hall–Kier alpha value is -3.61. The van der Waals surface area contributed by atoms with Crippen LogP contribution in [-0.2, 0) is 20.7 Å². The van der Waals surface area contributed by atoms with Crippen LogP contribution in [0, 0.1) is 11.8 Å². The van der Waals surface area contributed by atoms with Gasteiger partial charge in [0.2, 0.25) is 5.91 Å². The average molecular weight is 544 g/mol. The van der Waals surface area contributed by atoms with Gasteiger partial charge >= 0.3 is 5.97 Å². The molecule has 0 saturated carbocycles. The largest absolute Gasteiger partial charge is 0.505 e. The third-order valence-corrected chi connectivity index (χ3v) is 6.66. The summed E-state index contributed by atoms with van der Waals surface area (Å²) in [4.78, 5) is 47.1. The number of aliphatic hydroxyl groups excluding tert-OH is 2. The van der Waals surface area contributed by atoms with Crippen molar-refractivity contribution in [3.63, 3.8) is 0 Å². The number of amides is 2. The van der Waals surface area contributed by atoms with Crippen molar-refractivity contribution in [2.24, 2.45) is 11.8 Å². The van der Waals surface area contributed by atoms with Gasteiger partial charge in [-0.2, -0.15) is 0 Å². The van der Waals surface area contributed by atoms with Crippen LogP contribution in [0.4, 0.5) is 0 Å². The summed E-state index contributed by atoms with van der Waals surface area (Å²) in [6.45, 7) is 6.79. The molecule has 0 radical (unpaired) electrons. The van der Waals surface area contributed by atoms with Crippen molar-refractivity contribution in [1.29, 1.82) is 0 Å². The lowest BCUT2D eigenvalue weighted by molar-refractivity contribution is -0.157. The summed E-state index contributed by atoms with van der Waals surface area (Å²) in [7, 11) is 0. The summed E-state index contributed by atoms with van der Waals surface area (Å²) >= 11 is 0. The molecule has 1 fully saturated rings. The molecule has 2 aromatic rings. The maximum Gasteiger partial charge on any atom is 0.328 e. The van der Waals surface area contributed by atoms with Crippen molar-refractivity contribution < 1.29 is 34.4 Å². The fourth-order valence-corrected chi connectivity index (χ4v) is 4.45. The number of esters is 1. The molecule has 212 valence electrons. The van der Waals surface area contributed by atoms with Crippen LogP contribution in [0.5, 0.6) is 5.75 Å². The molecule has 1 aliphatic heterocycles. The Labute approximate surface area is 227 Å². The van der Waals surface area contributed by atoms with Gasteiger partial charge < -0.3 is 30.7 Å². The topological polar surface area (TPSA) is 183 Å². The number of cyclic esters (lactones) is 1. The summed E-state index contributed by atoms with van der Waals surface area (Å²) in [5, 5.41) is 40.8. The summed E-state index contributed by atoms with van der Waals surface area (Å²) in [6, 6.07) is 3.17. The second kappa shape index (κ2) is 13.5. The van der Waals surface area contributed by atoms with Crippen molar-refractivity contribution >= 4 is 17.8 Å². The highest BCUT2D eigenvalue weighted by atomic mass is 16.5. The molecule has 39 heavy (non-hydrogen) atoms. The maximum atomic E-state index is 13.1. The molecule has 0 bridgehead atoms. The van der Waals surface area contributed by atoms with Crippen LogP contribution in [0.1, 0.15) is 50.2 Å². The van der Waals surface area contributed by atoms with E-state index >= 15 is 0 Å². The molecule has 0 aliphatic carbocycles. The first-order valence-corrected chi connectivity index (χ1v) is 12.9. The van der Waals surface area contributed by atoms with Gasteiger partial charge in [-0.3, -0.25) is 19.9 Å². The van der Waals surface area contributed by atoms with Crippen LogP contribution in [-0.4, -0.2) is 79.6 Å². The van der Waals surface area contributed by atoms with E-state index in [-0.39, 0.29) is 30.2 Å². The SMILES string of the molecule is CC(C)CC1NC(=O)[C@H](C)[C@H](O)[C@H](Cc2cccnc2)NC(O)[C@@H](NC(=O)c2ncccc2O)[C@@H](C)OC1=O. The van der Waals surface area contributed by atoms with Crippen LogP contribution in [0.15, 0.2) is 42.9 Å². The first-order valence-electron chi connectivity index (χ1n) is 12.9. The van der Waals surface area contributed by atoms with E-state index in [1.165, 1.54) is 32.2 Å². The lowest BCUT2D eigenvalue weighted by atomic mass is 9.91. The molecule has 7 atom stereocenters. The monoisotopic (exact) mass is 543 g/mol. The van der Waals surface area contributed by atoms with Gasteiger partial charge in [0.05, 0.1) is 12.0 Å². The van der Waals surface area contributed by atoms with E-state index in [1.807, 2.05) is 13.8 Å². The number of carbonyl (C=O) groups is 3. The molecule has 2 amide bonds. The zero-order valence-corrected chi connectivity index (χ0v) is 22.4. The quantitative estimate of drug-likeness (QED) is 0.277. The van der Waals surface area contributed by atoms with E-state index < -0.39 is 60.3 Å². The number of hydrogen-bond acceptors (Lipinski definition) is 10. The van der Waals surface area contributed by atoms with Crippen LogP contribution >= 0.6 is 0 Å². The fourth-order valence-electron chi connectivity index (χ4n) is 4.45. The first kappa shape index (κ1) is 29.9. The molecular weight excluding hydrogens is 506 g/mol. The molecular formula is C27H37N5O7. The number of pyridine rings is 2. The number of carbonyl (C=O) groups excluding carboxylic acids is 3. The van der Waals surface area contributed by atoms with Crippen LogP contribution in [0.3, 0.4) is 0 Å². The number of hydrogen-bond donors (Lipinski definition) is 6. The number of ether oxygens (including phenoxy) is 1. The average Bonchev–Trinajstić information content (AvgIpc) is 2.89. The van der Waals surface area contributed by atoms with Gasteiger partial charge in [0, 0.05) is 24.6 Å². The van der Waals surface area contributed by atoms with Crippen LogP contribution < -0.4 is 16.0 Å². The molecule has 1 aliphatic rings. The number of rotatable bonds is 6. The normalized spacial score (nSPS) is 28.5. The Kier molecular flexibility index (Phi) is 10.3. The van der Waals surface area contributed by atoms with Crippen LogP contribution in [0.25, 0.3) is 0 Å². The molecule has 0 spiro atoms. The van der Waals surface area contributed by atoms with Crippen LogP contribution in [0.2, 0.25) is 0 Å². The Balaban J connectivity index is 1.98. The third kappa shape index (κ3) is 7.94. The zero-order valence-electron chi connectivity index (χ0n) is 22.4. The van der Waals surface area contributed by atoms with Crippen molar-refractivity contribution in [3.05, 3.63) is 54.1 Å². The highest BCUT2D eigenvalue weighted by Crippen LogP contribution is 2.19. The van der Waals surface area contributed by atoms with Gasteiger partial charge in [0.1, 0.15) is 30.2 Å². The molecule has 12 nitrogen and oxygen atoms in total. The highest BCUT2D eigenvalue weighted by Gasteiger charge is 2.39. The molecule has 0 aromatic carbocycles. The van der Waals surface area contributed by atoms with E-state index in [1.54, 1.807) is 24.5 Å². The highest BCUT2D eigenvalue weighted by molar-refractivity contribution is 5.95.